The molecule has 4 N–H and O–H groups in total. The zero-order chi connectivity index (χ0) is 10.0. The van der Waals surface area contributed by atoms with E-state index in [2.05, 4.69) is 4.89 Å². The van der Waals surface area contributed by atoms with Crippen LogP contribution in [0.15, 0.2) is 12.1 Å². The summed E-state index contributed by atoms with van der Waals surface area (Å²) in [5, 5.41) is 17.6. The van der Waals surface area contributed by atoms with Crippen LogP contribution in [0, 0.1) is 0 Å². The normalized spacial score (nSPS) is 9.69. The molecule has 0 spiro atoms. The maximum absolute atomic E-state index is 10.9. The fourth-order valence-electron chi connectivity index (χ4n) is 0.950. The molecule has 0 aliphatic carbocycles. The number of Topliss-reactive ketones (excluding diaryl/α,β-unsaturated/α-hetero) is 1. The summed E-state index contributed by atoms with van der Waals surface area (Å²) in [5.74, 6) is -0.642. The minimum absolute atomic E-state index is 0.0144. The Labute approximate surface area is 74.3 Å². The molecular formula is C8H9NO4. The van der Waals surface area contributed by atoms with Gasteiger partial charge >= 0.3 is 0 Å². The fraction of sp³-hybridized carbons (Fsp3) is 0.125. The molecule has 0 saturated carbocycles. The number of nitrogens with two attached hydrogens (primary N) is 1. The summed E-state index contributed by atoms with van der Waals surface area (Å²) in [7, 11) is 0. The highest BCUT2D eigenvalue weighted by Crippen LogP contribution is 2.30. The van der Waals surface area contributed by atoms with E-state index in [1.165, 1.54) is 19.1 Å². The largest absolute Gasteiger partial charge is 0.505 e. The second kappa shape index (κ2) is 3.32. The maximum atomic E-state index is 10.9. The molecule has 0 unspecified atom stereocenters. The monoisotopic (exact) mass is 183 g/mol. The zero-order valence-electron chi connectivity index (χ0n) is 6.94. The van der Waals surface area contributed by atoms with Crippen LogP contribution >= 0.6 is 0 Å². The Hall–Kier alpha value is -1.75. The molecule has 0 heterocycles. The molecule has 0 saturated heterocycles. The topological polar surface area (TPSA) is 92.8 Å². The van der Waals surface area contributed by atoms with Crippen molar-refractivity contribution in [3.05, 3.63) is 17.7 Å². The lowest BCUT2D eigenvalue weighted by molar-refractivity contribution is -0.137. The van der Waals surface area contributed by atoms with Gasteiger partial charge in [-0.2, -0.15) is 0 Å². The van der Waals surface area contributed by atoms with Crippen molar-refractivity contribution in [2.45, 2.75) is 6.92 Å². The van der Waals surface area contributed by atoms with Gasteiger partial charge < -0.3 is 15.7 Å². The van der Waals surface area contributed by atoms with Gasteiger partial charge in [0, 0.05) is 6.07 Å². The first-order chi connectivity index (χ1) is 6.06. The minimum Gasteiger partial charge on any atom is -0.505 e. The van der Waals surface area contributed by atoms with Crippen LogP contribution in [0.3, 0.4) is 0 Å². The van der Waals surface area contributed by atoms with Crippen LogP contribution in [0.2, 0.25) is 0 Å². The number of carbonyl (C=O) groups excluding carboxylic acids is 1. The van der Waals surface area contributed by atoms with Crippen molar-refractivity contribution >= 4 is 11.5 Å². The number of phenols is 1. The van der Waals surface area contributed by atoms with Crippen LogP contribution in [0.25, 0.3) is 0 Å². The molecular weight excluding hydrogens is 174 g/mol. The van der Waals surface area contributed by atoms with Crippen molar-refractivity contribution in [2.24, 2.45) is 0 Å². The molecule has 0 amide bonds. The lowest BCUT2D eigenvalue weighted by atomic mass is 10.1. The summed E-state index contributed by atoms with van der Waals surface area (Å²) in [4.78, 5) is 14.8. The van der Waals surface area contributed by atoms with Crippen molar-refractivity contribution in [1.29, 1.82) is 0 Å². The summed E-state index contributed by atoms with van der Waals surface area (Å²) >= 11 is 0. The lowest BCUT2D eigenvalue weighted by Crippen LogP contribution is -1.98. The van der Waals surface area contributed by atoms with Crippen molar-refractivity contribution < 1.29 is 20.0 Å². The van der Waals surface area contributed by atoms with Gasteiger partial charge in [0.25, 0.3) is 0 Å². The zero-order valence-corrected chi connectivity index (χ0v) is 6.94. The molecule has 0 atom stereocenters. The van der Waals surface area contributed by atoms with E-state index in [1.807, 2.05) is 0 Å². The Morgan fingerprint density at radius 3 is 2.62 bits per heavy atom. The lowest BCUT2D eigenvalue weighted by Gasteiger charge is -2.05. The standard InChI is InChI=1S/C8H9NO4/c1-4(10)6-2-5(13-12)3-7(9)8(6)11/h2-3,11-12H,9H2,1H3. The number of hydrogen-bond acceptors (Lipinski definition) is 5. The number of nitrogen functional groups attached to an aromatic ring is 1. The van der Waals surface area contributed by atoms with E-state index in [-0.39, 0.29) is 28.5 Å². The average molecular weight is 183 g/mol. The minimum atomic E-state index is -0.358. The third-order valence-corrected chi connectivity index (χ3v) is 1.60. The van der Waals surface area contributed by atoms with Gasteiger partial charge in [0.15, 0.2) is 11.5 Å². The Bertz CT molecular complexity index is 348. The third kappa shape index (κ3) is 1.70. The highest BCUT2D eigenvalue weighted by molar-refractivity contribution is 5.98. The third-order valence-electron chi connectivity index (χ3n) is 1.60. The molecule has 1 rings (SSSR count). The van der Waals surface area contributed by atoms with Gasteiger partial charge in [0.1, 0.15) is 5.75 Å². The van der Waals surface area contributed by atoms with Crippen LogP contribution in [-0.4, -0.2) is 16.1 Å². The molecule has 5 nitrogen and oxygen atoms in total. The molecule has 0 bridgehead atoms. The molecule has 0 fully saturated rings. The quantitative estimate of drug-likeness (QED) is 0.209. The molecule has 70 valence electrons. The highest BCUT2D eigenvalue weighted by Gasteiger charge is 2.12. The van der Waals surface area contributed by atoms with E-state index in [0.29, 0.717) is 0 Å². The Balaban J connectivity index is 3.33. The van der Waals surface area contributed by atoms with Crippen LogP contribution in [0.5, 0.6) is 11.5 Å². The van der Waals surface area contributed by atoms with Crippen molar-refractivity contribution in [3.8, 4) is 11.5 Å². The van der Waals surface area contributed by atoms with E-state index in [1.54, 1.807) is 0 Å². The summed E-state index contributed by atoms with van der Waals surface area (Å²) in [6.07, 6.45) is 0. The fourth-order valence-corrected chi connectivity index (χ4v) is 0.950. The van der Waals surface area contributed by atoms with Crippen LogP contribution in [0.1, 0.15) is 17.3 Å². The predicted molar refractivity (Wildman–Crippen MR) is 45.8 cm³/mol. The number of aromatic hydroxyl groups is 1. The number of hydrogen-bond donors (Lipinski definition) is 3. The Kier molecular flexibility index (Phi) is 2.39. The van der Waals surface area contributed by atoms with Crippen molar-refractivity contribution in [1.82, 2.24) is 0 Å². The summed E-state index contributed by atoms with van der Waals surface area (Å²) in [5.41, 5.74) is 5.34. The summed E-state index contributed by atoms with van der Waals surface area (Å²) in [6.45, 7) is 1.27. The van der Waals surface area contributed by atoms with Gasteiger partial charge in [-0.25, -0.2) is 5.26 Å². The number of rotatable bonds is 2. The Morgan fingerprint density at radius 1 is 1.54 bits per heavy atom. The second-order valence-electron chi connectivity index (χ2n) is 2.56. The van der Waals surface area contributed by atoms with E-state index in [9.17, 15) is 9.90 Å². The number of anilines is 1. The number of benzene rings is 1. The van der Waals surface area contributed by atoms with Gasteiger partial charge in [-0.15, -0.1) is 0 Å². The predicted octanol–water partition coefficient (Wildman–Crippen LogP) is 1.03. The highest BCUT2D eigenvalue weighted by atomic mass is 17.1. The second-order valence-corrected chi connectivity index (χ2v) is 2.56. The van der Waals surface area contributed by atoms with E-state index in [0.717, 1.165) is 0 Å². The van der Waals surface area contributed by atoms with E-state index >= 15 is 0 Å². The molecule has 1 aromatic carbocycles. The first kappa shape index (κ1) is 9.34. The van der Waals surface area contributed by atoms with Gasteiger partial charge in [-0.05, 0) is 13.0 Å². The van der Waals surface area contributed by atoms with E-state index < -0.39 is 0 Å². The molecule has 0 aliphatic rings. The molecule has 13 heavy (non-hydrogen) atoms. The number of carbonyl (C=O) groups is 1. The van der Waals surface area contributed by atoms with Gasteiger partial charge in [-0.3, -0.25) is 4.79 Å². The number of ketones is 1. The first-order valence-electron chi connectivity index (χ1n) is 3.51. The van der Waals surface area contributed by atoms with Crippen molar-refractivity contribution in [3.63, 3.8) is 0 Å². The smallest absolute Gasteiger partial charge is 0.168 e. The SMILES string of the molecule is CC(=O)c1cc(OO)cc(N)c1O. The van der Waals surface area contributed by atoms with Crippen molar-refractivity contribution in [2.75, 3.05) is 5.73 Å². The molecule has 1 aromatic rings. The van der Waals surface area contributed by atoms with Gasteiger partial charge in [0.05, 0.1) is 11.3 Å². The number of phenolic OH excluding ortho intramolecular Hbond substituents is 1. The van der Waals surface area contributed by atoms with Gasteiger partial charge in [-0.1, -0.05) is 0 Å². The van der Waals surface area contributed by atoms with E-state index in [4.69, 9.17) is 11.0 Å². The van der Waals surface area contributed by atoms with Crippen LogP contribution in [-0.2, 0) is 0 Å². The average Bonchev–Trinajstić information content (AvgIpc) is 2.09. The van der Waals surface area contributed by atoms with Crippen LogP contribution < -0.4 is 10.6 Å². The molecule has 5 heteroatoms. The molecule has 0 aromatic heterocycles. The Morgan fingerprint density at radius 2 is 2.15 bits per heavy atom. The van der Waals surface area contributed by atoms with Gasteiger partial charge in [0.2, 0.25) is 0 Å². The first-order valence-corrected chi connectivity index (χ1v) is 3.51. The molecule has 0 aliphatic heterocycles. The summed E-state index contributed by atoms with van der Waals surface area (Å²) < 4.78 is 0. The van der Waals surface area contributed by atoms with Crippen LogP contribution in [0.4, 0.5) is 5.69 Å². The maximum Gasteiger partial charge on any atom is 0.168 e. The molecule has 0 radical (unpaired) electrons. The summed E-state index contributed by atoms with van der Waals surface area (Å²) in [6, 6.07) is 2.41.